The number of aliphatic hydroxyl groups excluding tert-OH is 3. The largest absolute Gasteiger partial charge is 0.394 e. The normalized spacial score (nSPS) is 31.5. The van der Waals surface area contributed by atoms with Gasteiger partial charge in [-0.3, -0.25) is 0 Å². The minimum absolute atomic E-state index is 0.213. The van der Waals surface area contributed by atoms with Gasteiger partial charge in [-0.05, 0) is 28.7 Å². The van der Waals surface area contributed by atoms with Crippen molar-refractivity contribution >= 4 is 33.9 Å². The van der Waals surface area contributed by atoms with Crippen molar-refractivity contribution in [2.45, 2.75) is 23.9 Å². The Balaban J connectivity index is 2.26. The van der Waals surface area contributed by atoms with Crippen LogP contribution in [0.4, 0.5) is 5.82 Å². The van der Waals surface area contributed by atoms with E-state index in [9.17, 15) is 20.6 Å². The number of nitrogens with zero attached hydrogens (tertiary/aromatic N) is 4. The molecule has 0 aliphatic carbocycles. The molecule has 9 nitrogen and oxygen atoms in total. The van der Waals surface area contributed by atoms with Crippen LogP contribution in [0.2, 0.25) is 0 Å². The predicted molar refractivity (Wildman–Crippen MR) is 81.4 cm³/mol. The first-order valence-corrected chi connectivity index (χ1v) is 7.38. The minimum atomic E-state index is -1.86. The molecule has 1 aliphatic rings. The lowest BCUT2D eigenvalue weighted by Crippen LogP contribution is -2.40. The predicted octanol–water partition coefficient (Wildman–Crippen LogP) is -1.25. The van der Waals surface area contributed by atoms with Gasteiger partial charge in [-0.1, -0.05) is 0 Å². The average Bonchev–Trinajstić information content (AvgIpc) is 2.98. The van der Waals surface area contributed by atoms with Crippen molar-refractivity contribution < 1.29 is 20.1 Å². The number of nitrogens with two attached hydrogens (primary N) is 1. The van der Waals surface area contributed by atoms with Crippen molar-refractivity contribution in [3.8, 4) is 6.07 Å². The molecule has 1 fully saturated rings. The maximum Gasteiger partial charge on any atom is 0.225 e. The van der Waals surface area contributed by atoms with Crippen LogP contribution < -0.4 is 5.73 Å². The molecular formula is C12H12IN5O4. The smallest absolute Gasteiger partial charge is 0.225 e. The molecule has 0 spiro atoms. The van der Waals surface area contributed by atoms with Gasteiger partial charge in [0.2, 0.25) is 5.60 Å². The van der Waals surface area contributed by atoms with Gasteiger partial charge in [0.1, 0.15) is 36.2 Å². The van der Waals surface area contributed by atoms with Crippen molar-refractivity contribution in [1.82, 2.24) is 14.6 Å². The molecule has 4 atom stereocenters. The first-order chi connectivity index (χ1) is 10.5. The van der Waals surface area contributed by atoms with Crippen molar-refractivity contribution in [1.29, 1.82) is 5.26 Å². The van der Waals surface area contributed by atoms with Crippen molar-refractivity contribution in [3.05, 3.63) is 21.7 Å². The zero-order valence-corrected chi connectivity index (χ0v) is 13.2. The van der Waals surface area contributed by atoms with Crippen LogP contribution in [0.3, 0.4) is 0 Å². The number of rotatable bonds is 2. The summed E-state index contributed by atoms with van der Waals surface area (Å²) in [6.07, 6.45) is -2.79. The van der Waals surface area contributed by atoms with Crippen LogP contribution in [-0.4, -0.2) is 54.8 Å². The number of aliphatic hydroxyl groups is 3. The average molecular weight is 417 g/mol. The third-order valence-corrected chi connectivity index (χ3v) is 4.54. The van der Waals surface area contributed by atoms with Crippen LogP contribution in [0.25, 0.3) is 5.52 Å². The fourth-order valence-electron chi connectivity index (χ4n) is 2.62. The zero-order chi connectivity index (χ0) is 16.1. The number of ether oxygens (including phenoxy) is 1. The summed E-state index contributed by atoms with van der Waals surface area (Å²) in [5.41, 5.74) is 4.65. The molecule has 0 bridgehead atoms. The Morgan fingerprint density at radius 2 is 2.27 bits per heavy atom. The van der Waals surface area contributed by atoms with Crippen LogP contribution in [0.5, 0.6) is 0 Å². The van der Waals surface area contributed by atoms with Crippen molar-refractivity contribution in [2.75, 3.05) is 12.3 Å². The molecule has 0 amide bonds. The summed E-state index contributed by atoms with van der Waals surface area (Å²) < 4.78 is 7.50. The summed E-state index contributed by atoms with van der Waals surface area (Å²) in [6, 6.07) is 3.48. The Bertz CT molecular complexity index is 775. The maximum absolute atomic E-state index is 10.3. The molecule has 0 unspecified atom stereocenters. The minimum Gasteiger partial charge on any atom is -0.394 e. The van der Waals surface area contributed by atoms with Crippen molar-refractivity contribution in [2.24, 2.45) is 0 Å². The number of anilines is 1. The molecule has 0 aromatic carbocycles. The highest BCUT2D eigenvalue weighted by Crippen LogP contribution is 2.41. The van der Waals surface area contributed by atoms with Crippen LogP contribution in [0.15, 0.2) is 12.4 Å². The van der Waals surface area contributed by atoms with Gasteiger partial charge < -0.3 is 25.8 Å². The van der Waals surface area contributed by atoms with Crippen LogP contribution in [-0.2, 0) is 10.3 Å². The van der Waals surface area contributed by atoms with E-state index in [4.69, 9.17) is 10.5 Å². The number of nitriles is 1. The summed E-state index contributed by atoms with van der Waals surface area (Å²) in [7, 11) is 0. The molecule has 10 heteroatoms. The first-order valence-electron chi connectivity index (χ1n) is 6.30. The summed E-state index contributed by atoms with van der Waals surface area (Å²) in [6.45, 7) is -0.529. The highest BCUT2D eigenvalue weighted by molar-refractivity contribution is 14.1. The molecule has 1 saturated heterocycles. The molecule has 0 radical (unpaired) electrons. The monoisotopic (exact) mass is 417 g/mol. The zero-order valence-electron chi connectivity index (χ0n) is 11.1. The third kappa shape index (κ3) is 1.90. The summed E-state index contributed by atoms with van der Waals surface area (Å²) >= 11 is 2.00. The number of nitrogen functional groups attached to an aromatic ring is 1. The van der Waals surface area contributed by atoms with Gasteiger partial charge in [-0.25, -0.2) is 9.50 Å². The fourth-order valence-corrected chi connectivity index (χ4v) is 3.42. The van der Waals surface area contributed by atoms with E-state index >= 15 is 0 Å². The van der Waals surface area contributed by atoms with Gasteiger partial charge in [0.15, 0.2) is 5.82 Å². The quantitative estimate of drug-likeness (QED) is 0.443. The maximum atomic E-state index is 10.3. The van der Waals surface area contributed by atoms with Gasteiger partial charge in [0, 0.05) is 3.57 Å². The van der Waals surface area contributed by atoms with Gasteiger partial charge in [0.05, 0.1) is 12.3 Å². The van der Waals surface area contributed by atoms with Crippen LogP contribution in [0, 0.1) is 14.9 Å². The second-order valence-corrected chi connectivity index (χ2v) is 6.07. The highest BCUT2D eigenvalue weighted by Gasteiger charge is 2.57. The SMILES string of the molecule is N#C[C@@]1(c2cc(I)c3c(N)ncnn23)O[C@H](CO)[C@@H](O)[C@H]1O. The lowest BCUT2D eigenvalue weighted by atomic mass is 9.92. The summed E-state index contributed by atoms with van der Waals surface area (Å²) in [5, 5.41) is 43.1. The topological polar surface area (TPSA) is 150 Å². The van der Waals surface area contributed by atoms with E-state index in [0.29, 0.717) is 9.09 Å². The molecule has 3 rings (SSSR count). The van der Waals surface area contributed by atoms with Crippen LogP contribution in [0.1, 0.15) is 5.69 Å². The first kappa shape index (κ1) is 15.4. The van der Waals surface area contributed by atoms with Gasteiger partial charge in [0.25, 0.3) is 0 Å². The molecular weight excluding hydrogens is 405 g/mol. The van der Waals surface area contributed by atoms with Gasteiger partial charge in [-0.15, -0.1) is 0 Å². The van der Waals surface area contributed by atoms with E-state index in [-0.39, 0.29) is 11.5 Å². The molecule has 0 saturated carbocycles. The standard InChI is InChI=1S/C12H12IN5O4/c13-5-1-7(18-8(5)11(15)16-4-17-18)12(3-14)10(21)9(20)6(2-19)22-12/h1,4,6,9-10,19-21H,2H2,(H2,15,16,17)/t6-,9-,10-,12+/m1/s1. The Hall–Kier alpha value is -1.52. The number of halogens is 1. The van der Waals surface area contributed by atoms with E-state index < -0.39 is 30.5 Å². The number of aromatic nitrogens is 3. The Morgan fingerprint density at radius 3 is 2.86 bits per heavy atom. The summed E-state index contributed by atoms with van der Waals surface area (Å²) in [5.74, 6) is 0.213. The lowest BCUT2D eigenvalue weighted by Gasteiger charge is -2.24. The van der Waals surface area contributed by atoms with Gasteiger partial charge >= 0.3 is 0 Å². The molecule has 1 aliphatic heterocycles. The molecule has 2 aromatic rings. The molecule has 116 valence electrons. The number of hydrogen-bond acceptors (Lipinski definition) is 8. The fraction of sp³-hybridized carbons (Fsp3) is 0.417. The van der Waals surface area contributed by atoms with E-state index in [1.165, 1.54) is 10.8 Å². The van der Waals surface area contributed by atoms with Gasteiger partial charge in [-0.2, -0.15) is 10.4 Å². The Morgan fingerprint density at radius 1 is 1.55 bits per heavy atom. The highest BCUT2D eigenvalue weighted by atomic mass is 127. The Labute approximate surface area is 138 Å². The molecule has 5 N–H and O–H groups in total. The Kier molecular flexibility index (Phi) is 3.69. The molecule has 22 heavy (non-hydrogen) atoms. The van der Waals surface area contributed by atoms with E-state index in [0.717, 1.165) is 0 Å². The number of hydrogen-bond donors (Lipinski definition) is 4. The summed E-state index contributed by atoms with van der Waals surface area (Å²) in [4.78, 5) is 3.89. The van der Waals surface area contributed by atoms with E-state index in [1.54, 1.807) is 6.07 Å². The second-order valence-electron chi connectivity index (χ2n) is 4.90. The molecule has 3 heterocycles. The lowest BCUT2D eigenvalue weighted by molar-refractivity contribution is -0.0643. The van der Waals surface area contributed by atoms with E-state index in [1.807, 2.05) is 28.7 Å². The van der Waals surface area contributed by atoms with Crippen molar-refractivity contribution in [3.63, 3.8) is 0 Å². The second kappa shape index (κ2) is 5.28. The molecule has 2 aromatic heterocycles. The van der Waals surface area contributed by atoms with E-state index in [2.05, 4.69) is 10.1 Å². The number of fused-ring (bicyclic) bond motifs is 1. The van der Waals surface area contributed by atoms with Crippen LogP contribution >= 0.6 is 22.6 Å². The third-order valence-electron chi connectivity index (χ3n) is 3.72.